The molecule has 1 aliphatic heterocycles. The van der Waals surface area contributed by atoms with E-state index in [1.54, 1.807) is 7.05 Å². The molecule has 1 amide bonds. The summed E-state index contributed by atoms with van der Waals surface area (Å²) >= 11 is 0. The number of aromatic nitrogens is 2. The van der Waals surface area contributed by atoms with E-state index in [2.05, 4.69) is 15.0 Å². The molecule has 4 rings (SSSR count). The van der Waals surface area contributed by atoms with Crippen molar-refractivity contribution in [1.29, 1.82) is 0 Å². The number of ether oxygens (including phenoxy) is 1. The normalized spacial score (nSPS) is 20.4. The van der Waals surface area contributed by atoms with Gasteiger partial charge in [0, 0.05) is 64.3 Å². The molecule has 9 nitrogen and oxygen atoms in total. The van der Waals surface area contributed by atoms with Crippen molar-refractivity contribution in [2.24, 2.45) is 7.05 Å². The maximum absolute atomic E-state index is 14.4. The molecule has 0 unspecified atom stereocenters. The predicted octanol–water partition coefficient (Wildman–Crippen LogP) is 2.85. The molecule has 2 fully saturated rings. The first-order valence-electron chi connectivity index (χ1n) is 12.0. The van der Waals surface area contributed by atoms with Crippen molar-refractivity contribution in [3.05, 3.63) is 42.1 Å². The zero-order valence-electron chi connectivity index (χ0n) is 20.5. The Balaban J connectivity index is 1.50. The molecular weight excluding hydrogens is 537 g/mol. The Labute approximate surface area is 216 Å². The van der Waals surface area contributed by atoms with E-state index in [9.17, 15) is 35.2 Å². The zero-order chi connectivity index (χ0) is 27.7. The fourth-order valence-electron chi connectivity index (χ4n) is 5.00. The van der Waals surface area contributed by atoms with Crippen molar-refractivity contribution in [2.45, 2.75) is 48.8 Å². The number of amides is 1. The van der Waals surface area contributed by atoms with Crippen molar-refractivity contribution in [2.75, 3.05) is 32.7 Å². The van der Waals surface area contributed by atoms with Crippen molar-refractivity contribution in [1.82, 2.24) is 24.1 Å². The van der Waals surface area contributed by atoms with Crippen LogP contribution in [0.5, 0.6) is 5.75 Å². The molecule has 1 aromatic carbocycles. The number of nitrogens with zero attached hydrogens (tertiary/aromatic N) is 4. The molecule has 1 saturated carbocycles. The molecule has 0 bridgehead atoms. The molecule has 15 heteroatoms. The van der Waals surface area contributed by atoms with E-state index >= 15 is 0 Å². The van der Waals surface area contributed by atoms with Gasteiger partial charge in [0.15, 0.2) is 5.03 Å². The Morgan fingerprint density at radius 1 is 1.13 bits per heavy atom. The van der Waals surface area contributed by atoms with Gasteiger partial charge in [-0.2, -0.15) is 13.1 Å². The molecule has 1 aliphatic carbocycles. The van der Waals surface area contributed by atoms with Crippen molar-refractivity contribution in [3.63, 3.8) is 0 Å². The number of alkyl halides is 4. The number of carbonyl (C=O) groups excluding carboxylic acids is 1. The van der Waals surface area contributed by atoms with Gasteiger partial charge < -0.3 is 14.6 Å². The van der Waals surface area contributed by atoms with Gasteiger partial charge in [0.2, 0.25) is 5.92 Å². The molecule has 0 radical (unpaired) electrons. The Morgan fingerprint density at radius 2 is 1.79 bits per heavy atom. The van der Waals surface area contributed by atoms with Gasteiger partial charge in [-0.25, -0.2) is 26.6 Å². The Kier molecular flexibility index (Phi) is 8.00. The monoisotopic (exact) mass is 565 g/mol. The standard InChI is InChI=1S/C23H28F5N5O4S/c1-31-13-18(30-15-31)38(35,36)33-11-9-32(10-12-33)22(5-7-23(27,28)8-6-22)14-29-20(34)19-16(24)3-2-4-17(19)37-21(25)26/h2-4,13,15,21H,5-12,14H2,1H3,(H,29,34). The highest BCUT2D eigenvalue weighted by Crippen LogP contribution is 2.42. The lowest BCUT2D eigenvalue weighted by molar-refractivity contribution is -0.0856. The van der Waals surface area contributed by atoms with E-state index in [0.29, 0.717) is 0 Å². The van der Waals surface area contributed by atoms with Crippen LogP contribution in [0.15, 0.2) is 35.7 Å². The predicted molar refractivity (Wildman–Crippen MR) is 125 cm³/mol. The van der Waals surface area contributed by atoms with Crippen LogP contribution in [-0.4, -0.2) is 83.9 Å². The summed E-state index contributed by atoms with van der Waals surface area (Å²) in [6, 6.07) is 3.07. The topological polar surface area (TPSA) is 96.8 Å². The lowest BCUT2D eigenvalue weighted by atomic mass is 9.78. The van der Waals surface area contributed by atoms with Gasteiger partial charge in [-0.1, -0.05) is 6.07 Å². The van der Waals surface area contributed by atoms with Crippen LogP contribution in [-0.2, 0) is 17.1 Å². The third kappa shape index (κ3) is 5.94. The van der Waals surface area contributed by atoms with Gasteiger partial charge in [-0.15, -0.1) is 0 Å². The summed E-state index contributed by atoms with van der Waals surface area (Å²) in [7, 11) is -2.20. The first-order chi connectivity index (χ1) is 17.8. The van der Waals surface area contributed by atoms with Crippen LogP contribution in [0.4, 0.5) is 22.0 Å². The summed E-state index contributed by atoms with van der Waals surface area (Å²) in [5.41, 5.74) is -1.68. The molecular formula is C23H28F5N5O4S. The first kappa shape index (κ1) is 28.2. The summed E-state index contributed by atoms with van der Waals surface area (Å²) < 4.78 is 101. The van der Waals surface area contributed by atoms with Gasteiger partial charge in [-0.05, 0) is 25.0 Å². The molecule has 1 aromatic heterocycles. The number of imidazole rings is 1. The number of halogens is 5. The second-order valence-electron chi connectivity index (χ2n) is 9.52. The van der Waals surface area contributed by atoms with E-state index in [0.717, 1.165) is 18.2 Å². The molecule has 1 saturated heterocycles. The van der Waals surface area contributed by atoms with Crippen LogP contribution in [0.25, 0.3) is 0 Å². The Bertz CT molecular complexity index is 1250. The summed E-state index contributed by atoms with van der Waals surface area (Å²) in [6.45, 7) is -2.90. The number of hydrogen-bond donors (Lipinski definition) is 1. The maximum Gasteiger partial charge on any atom is 0.387 e. The van der Waals surface area contributed by atoms with E-state index in [4.69, 9.17) is 0 Å². The highest BCUT2D eigenvalue weighted by molar-refractivity contribution is 7.89. The van der Waals surface area contributed by atoms with Gasteiger partial charge in [0.05, 0.1) is 6.33 Å². The van der Waals surface area contributed by atoms with Crippen LogP contribution >= 0.6 is 0 Å². The number of hydrogen-bond acceptors (Lipinski definition) is 6. The zero-order valence-corrected chi connectivity index (χ0v) is 21.4. The maximum atomic E-state index is 14.4. The van der Waals surface area contributed by atoms with Crippen molar-refractivity contribution in [3.8, 4) is 5.75 Å². The minimum Gasteiger partial charge on any atom is -0.434 e. The molecule has 38 heavy (non-hydrogen) atoms. The summed E-state index contributed by atoms with van der Waals surface area (Å²) in [4.78, 5) is 18.6. The van der Waals surface area contributed by atoms with Crippen LogP contribution in [0, 0.1) is 5.82 Å². The number of benzene rings is 1. The second-order valence-corrected chi connectivity index (χ2v) is 11.4. The SMILES string of the molecule is Cn1cnc(S(=O)(=O)N2CCN(C3(CNC(=O)c4c(F)cccc4OC(F)F)CCC(F)(F)CC3)CC2)c1. The van der Waals surface area contributed by atoms with Crippen molar-refractivity contribution < 1.29 is 39.9 Å². The summed E-state index contributed by atoms with van der Waals surface area (Å²) in [5, 5.41) is 2.43. The number of aryl methyl sites for hydroxylation is 1. The van der Waals surface area contributed by atoms with E-state index in [1.807, 2.05) is 4.90 Å². The van der Waals surface area contributed by atoms with Crippen LogP contribution < -0.4 is 10.1 Å². The summed E-state index contributed by atoms with van der Waals surface area (Å²) in [6.07, 6.45) is 1.84. The molecule has 1 N–H and O–H groups in total. The number of carbonyl (C=O) groups is 1. The lowest BCUT2D eigenvalue weighted by Gasteiger charge is -2.50. The lowest BCUT2D eigenvalue weighted by Crippen LogP contribution is -2.63. The fourth-order valence-corrected chi connectivity index (χ4v) is 6.38. The average molecular weight is 566 g/mol. The van der Waals surface area contributed by atoms with E-state index in [-0.39, 0.29) is 50.6 Å². The molecule has 2 heterocycles. The fraction of sp³-hybridized carbons (Fsp3) is 0.565. The van der Waals surface area contributed by atoms with Gasteiger partial charge in [-0.3, -0.25) is 9.69 Å². The third-order valence-corrected chi connectivity index (χ3v) is 8.89. The molecule has 210 valence electrons. The highest BCUT2D eigenvalue weighted by atomic mass is 32.2. The molecule has 0 atom stereocenters. The third-order valence-electron chi connectivity index (χ3n) is 7.10. The number of nitrogens with one attached hydrogen (secondary N) is 1. The van der Waals surface area contributed by atoms with Gasteiger partial charge in [0.1, 0.15) is 17.1 Å². The minimum atomic E-state index is -3.85. The van der Waals surface area contributed by atoms with Gasteiger partial charge >= 0.3 is 6.61 Å². The summed E-state index contributed by atoms with van der Waals surface area (Å²) in [5.74, 6) is -5.62. The van der Waals surface area contributed by atoms with Crippen LogP contribution in [0.2, 0.25) is 0 Å². The quantitative estimate of drug-likeness (QED) is 0.495. The second kappa shape index (κ2) is 10.8. The molecule has 2 aromatic rings. The Morgan fingerprint density at radius 3 is 2.37 bits per heavy atom. The van der Waals surface area contributed by atoms with Crippen LogP contribution in [0.1, 0.15) is 36.0 Å². The smallest absolute Gasteiger partial charge is 0.387 e. The first-order valence-corrected chi connectivity index (χ1v) is 13.4. The number of rotatable bonds is 8. The number of piperazine rings is 1. The Hall–Kier alpha value is -2.78. The van der Waals surface area contributed by atoms with E-state index < -0.39 is 64.0 Å². The largest absolute Gasteiger partial charge is 0.434 e. The molecule has 0 spiro atoms. The number of sulfonamides is 1. The van der Waals surface area contributed by atoms with E-state index in [1.165, 1.54) is 21.4 Å². The van der Waals surface area contributed by atoms with Crippen molar-refractivity contribution >= 4 is 15.9 Å². The van der Waals surface area contributed by atoms with Crippen LogP contribution in [0.3, 0.4) is 0 Å². The minimum absolute atomic E-state index is 0.00899. The average Bonchev–Trinajstić information content (AvgIpc) is 3.30. The molecule has 2 aliphatic rings. The van der Waals surface area contributed by atoms with Gasteiger partial charge in [0.25, 0.3) is 15.9 Å². The highest BCUT2D eigenvalue weighted by Gasteiger charge is 2.48.